The Kier molecular flexibility index (Phi) is 3.19. The highest BCUT2D eigenvalue weighted by atomic mass is 79.9. The predicted molar refractivity (Wildman–Crippen MR) is 67.8 cm³/mol. The van der Waals surface area contributed by atoms with Crippen LogP contribution in [-0.2, 0) is 6.54 Å². The van der Waals surface area contributed by atoms with Gasteiger partial charge < -0.3 is 0 Å². The topological polar surface area (TPSA) is 17.8 Å². The maximum absolute atomic E-state index is 6.08. The van der Waals surface area contributed by atoms with Crippen molar-refractivity contribution in [3.05, 3.63) is 37.2 Å². The molecule has 0 aliphatic rings. The summed E-state index contributed by atoms with van der Waals surface area (Å²) in [6.07, 6.45) is 0. The summed E-state index contributed by atoms with van der Waals surface area (Å²) in [4.78, 5) is 1.27. The number of hydrogen-bond donors (Lipinski definition) is 0. The molecule has 0 saturated heterocycles. The van der Waals surface area contributed by atoms with Gasteiger partial charge in [-0.1, -0.05) is 11.6 Å². The molecule has 0 aliphatic heterocycles. The van der Waals surface area contributed by atoms with Gasteiger partial charge in [-0.2, -0.15) is 5.10 Å². The minimum Gasteiger partial charge on any atom is -0.263 e. The largest absolute Gasteiger partial charge is 0.263 e. The second kappa shape index (κ2) is 4.28. The Morgan fingerprint density at radius 3 is 2.67 bits per heavy atom. The van der Waals surface area contributed by atoms with E-state index in [0.29, 0.717) is 0 Å². The van der Waals surface area contributed by atoms with E-state index in [-0.39, 0.29) is 0 Å². The lowest BCUT2D eigenvalue weighted by atomic mass is 10.4. The SMILES string of the molecule is Cc1nn(Cc2ccc(Br)s2)c(C)c1Cl. The molecule has 2 aromatic rings. The first-order valence-electron chi connectivity index (χ1n) is 4.51. The van der Waals surface area contributed by atoms with Crippen molar-refractivity contribution in [3.8, 4) is 0 Å². The van der Waals surface area contributed by atoms with Gasteiger partial charge in [-0.05, 0) is 41.9 Å². The van der Waals surface area contributed by atoms with E-state index in [2.05, 4.69) is 27.1 Å². The molecule has 0 amide bonds. The average molecular weight is 306 g/mol. The second-order valence-electron chi connectivity index (χ2n) is 3.35. The Bertz CT molecular complexity index is 490. The third-order valence-electron chi connectivity index (χ3n) is 2.23. The van der Waals surface area contributed by atoms with E-state index in [9.17, 15) is 0 Å². The quantitative estimate of drug-likeness (QED) is 0.819. The van der Waals surface area contributed by atoms with Crippen molar-refractivity contribution in [1.82, 2.24) is 9.78 Å². The summed E-state index contributed by atoms with van der Waals surface area (Å²) >= 11 is 11.2. The van der Waals surface area contributed by atoms with Gasteiger partial charge in [0.2, 0.25) is 0 Å². The first-order chi connectivity index (χ1) is 7.08. The molecule has 2 aromatic heterocycles. The van der Waals surface area contributed by atoms with Gasteiger partial charge in [0.25, 0.3) is 0 Å². The normalized spacial score (nSPS) is 10.9. The van der Waals surface area contributed by atoms with Gasteiger partial charge in [-0.15, -0.1) is 11.3 Å². The molecule has 0 bridgehead atoms. The Morgan fingerprint density at radius 1 is 1.47 bits per heavy atom. The van der Waals surface area contributed by atoms with Crippen molar-refractivity contribution >= 4 is 38.9 Å². The van der Waals surface area contributed by atoms with E-state index >= 15 is 0 Å². The van der Waals surface area contributed by atoms with Crippen molar-refractivity contribution in [2.75, 3.05) is 0 Å². The summed E-state index contributed by atoms with van der Waals surface area (Å²) < 4.78 is 3.08. The standard InChI is InChI=1S/C10H10BrClN2S/c1-6-10(12)7(2)14(13-6)5-8-3-4-9(11)15-8/h3-4H,5H2,1-2H3. The van der Waals surface area contributed by atoms with Crippen molar-refractivity contribution in [3.63, 3.8) is 0 Å². The van der Waals surface area contributed by atoms with E-state index in [1.165, 1.54) is 4.88 Å². The highest BCUT2D eigenvalue weighted by Crippen LogP contribution is 2.25. The van der Waals surface area contributed by atoms with Crippen LogP contribution in [0.3, 0.4) is 0 Å². The summed E-state index contributed by atoms with van der Waals surface area (Å²) in [6.45, 7) is 4.71. The Morgan fingerprint density at radius 2 is 2.20 bits per heavy atom. The molecule has 0 radical (unpaired) electrons. The number of halogens is 2. The fourth-order valence-electron chi connectivity index (χ4n) is 1.41. The number of hydrogen-bond acceptors (Lipinski definition) is 2. The van der Waals surface area contributed by atoms with Crippen LogP contribution in [0.25, 0.3) is 0 Å². The summed E-state index contributed by atoms with van der Waals surface area (Å²) in [5, 5.41) is 5.16. The van der Waals surface area contributed by atoms with Gasteiger partial charge in [0.05, 0.1) is 26.7 Å². The maximum Gasteiger partial charge on any atom is 0.0844 e. The number of nitrogens with zero attached hydrogens (tertiary/aromatic N) is 2. The zero-order valence-corrected chi connectivity index (χ0v) is 11.6. The molecule has 0 N–H and O–H groups in total. The zero-order valence-electron chi connectivity index (χ0n) is 8.42. The lowest BCUT2D eigenvalue weighted by Crippen LogP contribution is -2.02. The van der Waals surface area contributed by atoms with E-state index < -0.39 is 0 Å². The van der Waals surface area contributed by atoms with Crippen LogP contribution >= 0.6 is 38.9 Å². The van der Waals surface area contributed by atoms with Gasteiger partial charge in [-0.25, -0.2) is 0 Å². The fourth-order valence-corrected chi connectivity index (χ4v) is 3.01. The predicted octanol–water partition coefficient (Wildman–Crippen LogP) is 4.03. The minimum absolute atomic E-state index is 0.769. The van der Waals surface area contributed by atoms with Crippen molar-refractivity contribution in [1.29, 1.82) is 0 Å². The van der Waals surface area contributed by atoms with Crippen LogP contribution in [0.15, 0.2) is 15.9 Å². The molecule has 0 atom stereocenters. The molecular formula is C10H10BrClN2S. The van der Waals surface area contributed by atoms with Crippen LogP contribution in [0.1, 0.15) is 16.3 Å². The molecule has 0 spiro atoms. The van der Waals surface area contributed by atoms with E-state index in [4.69, 9.17) is 11.6 Å². The Hall–Kier alpha value is -0.320. The van der Waals surface area contributed by atoms with E-state index in [1.807, 2.05) is 24.6 Å². The number of aromatic nitrogens is 2. The molecule has 2 nitrogen and oxygen atoms in total. The van der Waals surface area contributed by atoms with E-state index in [0.717, 1.165) is 26.7 Å². The highest BCUT2D eigenvalue weighted by Gasteiger charge is 2.09. The minimum atomic E-state index is 0.769. The molecule has 0 unspecified atom stereocenters. The molecular weight excluding hydrogens is 296 g/mol. The van der Waals surface area contributed by atoms with Crippen LogP contribution in [0.2, 0.25) is 5.02 Å². The summed E-state index contributed by atoms with van der Waals surface area (Å²) in [5.41, 5.74) is 1.92. The van der Waals surface area contributed by atoms with Gasteiger partial charge in [0.1, 0.15) is 0 Å². The maximum atomic E-state index is 6.08. The van der Waals surface area contributed by atoms with Gasteiger partial charge in [0, 0.05) is 4.88 Å². The summed E-state index contributed by atoms with van der Waals surface area (Å²) in [6, 6.07) is 4.15. The third kappa shape index (κ3) is 2.27. The van der Waals surface area contributed by atoms with E-state index in [1.54, 1.807) is 11.3 Å². The molecule has 0 aliphatic carbocycles. The lowest BCUT2D eigenvalue weighted by Gasteiger charge is -2.01. The van der Waals surface area contributed by atoms with Gasteiger partial charge in [-0.3, -0.25) is 4.68 Å². The van der Waals surface area contributed by atoms with Crippen LogP contribution in [0.4, 0.5) is 0 Å². The Balaban J connectivity index is 2.28. The number of aryl methyl sites for hydroxylation is 1. The molecule has 0 aromatic carbocycles. The molecule has 2 heterocycles. The van der Waals surface area contributed by atoms with Crippen molar-refractivity contribution < 1.29 is 0 Å². The van der Waals surface area contributed by atoms with Crippen LogP contribution < -0.4 is 0 Å². The Labute approximate surface area is 106 Å². The van der Waals surface area contributed by atoms with Crippen LogP contribution in [0.5, 0.6) is 0 Å². The van der Waals surface area contributed by atoms with Crippen molar-refractivity contribution in [2.24, 2.45) is 0 Å². The monoisotopic (exact) mass is 304 g/mol. The third-order valence-corrected chi connectivity index (χ3v) is 4.38. The summed E-state index contributed by atoms with van der Waals surface area (Å²) in [7, 11) is 0. The molecule has 0 fully saturated rings. The second-order valence-corrected chi connectivity index (χ2v) is 6.27. The summed E-state index contributed by atoms with van der Waals surface area (Å²) in [5.74, 6) is 0. The zero-order chi connectivity index (χ0) is 11.0. The molecule has 5 heteroatoms. The molecule has 80 valence electrons. The van der Waals surface area contributed by atoms with Gasteiger partial charge in [0.15, 0.2) is 0 Å². The number of rotatable bonds is 2. The molecule has 15 heavy (non-hydrogen) atoms. The smallest absolute Gasteiger partial charge is 0.0844 e. The first kappa shape index (κ1) is 11.2. The lowest BCUT2D eigenvalue weighted by molar-refractivity contribution is 0.666. The molecule has 2 rings (SSSR count). The fraction of sp³-hybridized carbons (Fsp3) is 0.300. The molecule has 0 saturated carbocycles. The first-order valence-corrected chi connectivity index (χ1v) is 6.50. The van der Waals surface area contributed by atoms with Crippen molar-refractivity contribution in [2.45, 2.75) is 20.4 Å². The highest BCUT2D eigenvalue weighted by molar-refractivity contribution is 9.11. The number of thiophene rings is 1. The average Bonchev–Trinajstić information content (AvgIpc) is 2.68. The van der Waals surface area contributed by atoms with Crippen LogP contribution in [-0.4, -0.2) is 9.78 Å². The van der Waals surface area contributed by atoms with Gasteiger partial charge >= 0.3 is 0 Å². The van der Waals surface area contributed by atoms with Crippen LogP contribution in [0, 0.1) is 13.8 Å².